The summed E-state index contributed by atoms with van der Waals surface area (Å²) in [6.45, 7) is 9.60. The average Bonchev–Trinajstić information content (AvgIpc) is 2.01. The Morgan fingerprint density at radius 1 is 1.09 bits per heavy atom. The summed E-state index contributed by atoms with van der Waals surface area (Å²) in [6, 6.07) is 0. The molecule has 0 aromatic carbocycles. The lowest BCUT2D eigenvalue weighted by molar-refractivity contribution is 0.0856. The average molecular weight is 160 g/mol. The van der Waals surface area contributed by atoms with Crippen LogP contribution >= 0.6 is 0 Å². The van der Waals surface area contributed by atoms with Crippen LogP contribution in [-0.4, -0.2) is 26.4 Å². The van der Waals surface area contributed by atoms with Crippen molar-refractivity contribution in [3.8, 4) is 0 Å². The summed E-state index contributed by atoms with van der Waals surface area (Å²) < 4.78 is 10.5. The summed E-state index contributed by atoms with van der Waals surface area (Å²) in [5, 5.41) is 0. The third-order valence-corrected chi connectivity index (χ3v) is 1.57. The maximum atomic E-state index is 5.27. The molecule has 68 valence electrons. The SMILES string of the molecule is CCOCC[C@H](C)COCC. The molecule has 0 aliphatic rings. The Morgan fingerprint density at radius 3 is 2.27 bits per heavy atom. The first-order chi connectivity index (χ1) is 5.31. The lowest BCUT2D eigenvalue weighted by Gasteiger charge is -2.10. The Balaban J connectivity index is 3.02. The minimum atomic E-state index is 0.626. The summed E-state index contributed by atoms with van der Waals surface area (Å²) in [5.74, 6) is 0.626. The molecule has 0 bridgehead atoms. The zero-order valence-corrected chi connectivity index (χ0v) is 7.93. The molecule has 0 amide bonds. The summed E-state index contributed by atoms with van der Waals surface area (Å²) in [6.07, 6.45) is 1.10. The number of hydrogen-bond donors (Lipinski definition) is 0. The molecule has 1 atom stereocenters. The fourth-order valence-corrected chi connectivity index (χ4v) is 0.831. The van der Waals surface area contributed by atoms with Crippen molar-refractivity contribution < 1.29 is 9.47 Å². The van der Waals surface area contributed by atoms with Crippen LogP contribution in [0, 0.1) is 5.92 Å². The molecular formula is C9H20O2. The van der Waals surface area contributed by atoms with Crippen molar-refractivity contribution in [2.45, 2.75) is 27.2 Å². The lowest BCUT2D eigenvalue weighted by Crippen LogP contribution is -2.08. The quantitative estimate of drug-likeness (QED) is 0.531. The third-order valence-electron chi connectivity index (χ3n) is 1.57. The first-order valence-corrected chi connectivity index (χ1v) is 4.46. The van der Waals surface area contributed by atoms with E-state index in [0.29, 0.717) is 5.92 Å². The number of ether oxygens (including phenoxy) is 2. The molecule has 0 aliphatic heterocycles. The van der Waals surface area contributed by atoms with Crippen molar-refractivity contribution >= 4 is 0 Å². The van der Waals surface area contributed by atoms with Crippen LogP contribution in [0.3, 0.4) is 0 Å². The third kappa shape index (κ3) is 7.82. The molecule has 0 aromatic rings. The van der Waals surface area contributed by atoms with Crippen molar-refractivity contribution in [3.05, 3.63) is 0 Å². The number of rotatable bonds is 7. The molecule has 0 heterocycles. The molecule has 0 unspecified atom stereocenters. The van der Waals surface area contributed by atoms with Crippen LogP contribution in [0.25, 0.3) is 0 Å². The molecular weight excluding hydrogens is 140 g/mol. The topological polar surface area (TPSA) is 18.5 Å². The van der Waals surface area contributed by atoms with E-state index in [1.165, 1.54) is 0 Å². The Kier molecular flexibility index (Phi) is 7.96. The molecule has 0 saturated heterocycles. The van der Waals surface area contributed by atoms with Crippen LogP contribution < -0.4 is 0 Å². The molecule has 0 aliphatic carbocycles. The molecule has 0 N–H and O–H groups in total. The van der Waals surface area contributed by atoms with E-state index in [2.05, 4.69) is 6.92 Å². The summed E-state index contributed by atoms with van der Waals surface area (Å²) >= 11 is 0. The van der Waals surface area contributed by atoms with Gasteiger partial charge in [0.1, 0.15) is 0 Å². The van der Waals surface area contributed by atoms with Gasteiger partial charge in [-0.3, -0.25) is 0 Å². The van der Waals surface area contributed by atoms with Crippen molar-refractivity contribution in [2.24, 2.45) is 5.92 Å². The van der Waals surface area contributed by atoms with Gasteiger partial charge in [0.2, 0.25) is 0 Å². The van der Waals surface area contributed by atoms with E-state index in [1.54, 1.807) is 0 Å². The highest BCUT2D eigenvalue weighted by Gasteiger charge is 2.00. The molecule has 0 fully saturated rings. The van der Waals surface area contributed by atoms with Gasteiger partial charge in [-0.05, 0) is 26.2 Å². The van der Waals surface area contributed by atoms with E-state index in [-0.39, 0.29) is 0 Å². The highest BCUT2D eigenvalue weighted by molar-refractivity contribution is 4.49. The van der Waals surface area contributed by atoms with Gasteiger partial charge in [-0.25, -0.2) is 0 Å². The van der Waals surface area contributed by atoms with Crippen molar-refractivity contribution in [3.63, 3.8) is 0 Å². The van der Waals surface area contributed by atoms with Gasteiger partial charge in [-0.1, -0.05) is 6.92 Å². The van der Waals surface area contributed by atoms with E-state index < -0.39 is 0 Å². The second-order valence-corrected chi connectivity index (χ2v) is 2.75. The second kappa shape index (κ2) is 8.02. The Bertz CT molecular complexity index is 74.0. The van der Waals surface area contributed by atoms with Crippen LogP contribution in [0.1, 0.15) is 27.2 Å². The van der Waals surface area contributed by atoms with Gasteiger partial charge >= 0.3 is 0 Å². The highest BCUT2D eigenvalue weighted by Crippen LogP contribution is 2.01. The monoisotopic (exact) mass is 160 g/mol. The minimum Gasteiger partial charge on any atom is -0.382 e. The van der Waals surface area contributed by atoms with E-state index >= 15 is 0 Å². The van der Waals surface area contributed by atoms with Crippen LogP contribution in [0.5, 0.6) is 0 Å². The van der Waals surface area contributed by atoms with Crippen LogP contribution in [0.4, 0.5) is 0 Å². The van der Waals surface area contributed by atoms with Gasteiger partial charge in [0.05, 0.1) is 0 Å². The summed E-state index contributed by atoms with van der Waals surface area (Å²) in [4.78, 5) is 0. The fraction of sp³-hybridized carbons (Fsp3) is 1.00. The van der Waals surface area contributed by atoms with Gasteiger partial charge in [0, 0.05) is 26.4 Å². The zero-order chi connectivity index (χ0) is 8.53. The molecule has 2 heteroatoms. The van der Waals surface area contributed by atoms with Gasteiger partial charge in [-0.2, -0.15) is 0 Å². The second-order valence-electron chi connectivity index (χ2n) is 2.75. The highest BCUT2D eigenvalue weighted by atomic mass is 16.5. The van der Waals surface area contributed by atoms with E-state index in [9.17, 15) is 0 Å². The molecule has 0 radical (unpaired) electrons. The molecule has 0 spiro atoms. The van der Waals surface area contributed by atoms with Crippen LogP contribution in [0.15, 0.2) is 0 Å². The van der Waals surface area contributed by atoms with Crippen molar-refractivity contribution in [1.82, 2.24) is 0 Å². The van der Waals surface area contributed by atoms with Gasteiger partial charge < -0.3 is 9.47 Å². The maximum absolute atomic E-state index is 5.27. The van der Waals surface area contributed by atoms with Crippen LogP contribution in [0.2, 0.25) is 0 Å². The predicted octanol–water partition coefficient (Wildman–Crippen LogP) is 2.09. The first-order valence-electron chi connectivity index (χ1n) is 4.46. The van der Waals surface area contributed by atoms with E-state index in [4.69, 9.17) is 9.47 Å². The zero-order valence-electron chi connectivity index (χ0n) is 7.93. The lowest BCUT2D eigenvalue weighted by atomic mass is 10.1. The predicted molar refractivity (Wildman–Crippen MR) is 46.8 cm³/mol. The molecule has 0 saturated carbocycles. The Hall–Kier alpha value is -0.0800. The normalized spacial score (nSPS) is 13.4. The number of hydrogen-bond acceptors (Lipinski definition) is 2. The van der Waals surface area contributed by atoms with E-state index in [0.717, 1.165) is 32.8 Å². The standard InChI is InChI=1S/C9H20O2/c1-4-10-7-6-9(3)8-11-5-2/h9H,4-8H2,1-3H3/t9-/m0/s1. The maximum Gasteiger partial charge on any atom is 0.0492 e. The Morgan fingerprint density at radius 2 is 1.73 bits per heavy atom. The summed E-state index contributed by atoms with van der Waals surface area (Å²) in [5.41, 5.74) is 0. The minimum absolute atomic E-state index is 0.626. The fourth-order valence-electron chi connectivity index (χ4n) is 0.831. The Labute approximate surface area is 69.9 Å². The molecule has 2 nitrogen and oxygen atoms in total. The first kappa shape index (κ1) is 10.9. The van der Waals surface area contributed by atoms with Gasteiger partial charge in [-0.15, -0.1) is 0 Å². The van der Waals surface area contributed by atoms with E-state index in [1.807, 2.05) is 13.8 Å². The smallest absolute Gasteiger partial charge is 0.0492 e. The van der Waals surface area contributed by atoms with Gasteiger partial charge in [0.15, 0.2) is 0 Å². The van der Waals surface area contributed by atoms with Gasteiger partial charge in [0.25, 0.3) is 0 Å². The molecule has 0 rings (SSSR count). The summed E-state index contributed by atoms with van der Waals surface area (Å²) in [7, 11) is 0. The molecule has 11 heavy (non-hydrogen) atoms. The largest absolute Gasteiger partial charge is 0.382 e. The van der Waals surface area contributed by atoms with Crippen molar-refractivity contribution in [2.75, 3.05) is 26.4 Å². The van der Waals surface area contributed by atoms with Crippen molar-refractivity contribution in [1.29, 1.82) is 0 Å². The molecule has 0 aromatic heterocycles. The van der Waals surface area contributed by atoms with Crippen LogP contribution in [-0.2, 0) is 9.47 Å².